The molecule has 0 aliphatic heterocycles. The highest BCUT2D eigenvalue weighted by Gasteiger charge is 2.45. The molecule has 0 aliphatic carbocycles. The molecule has 0 aromatic heterocycles. The Balaban J connectivity index is 2.32. The number of hydrogen-bond acceptors (Lipinski definition) is 2. The highest BCUT2D eigenvalue weighted by atomic mass is 35.5. The number of halogens is 1. The summed E-state index contributed by atoms with van der Waals surface area (Å²) in [5.41, 5.74) is -0.784. The van der Waals surface area contributed by atoms with Crippen LogP contribution in [0.1, 0.15) is 0 Å². The van der Waals surface area contributed by atoms with Crippen molar-refractivity contribution in [1.82, 2.24) is 0 Å². The van der Waals surface area contributed by atoms with Crippen molar-refractivity contribution in [3.05, 3.63) is 91.0 Å². The minimum Gasteiger partial charge on any atom is -0.494 e. The quantitative estimate of drug-likeness (QED) is 0.415. The van der Waals surface area contributed by atoms with Crippen LogP contribution in [0.25, 0.3) is 0 Å². The van der Waals surface area contributed by atoms with Gasteiger partial charge in [0.1, 0.15) is 0 Å². The number of hydrogen-bond donors (Lipinski definition) is 0. The monoisotopic (exact) mass is 338 g/mol. The van der Waals surface area contributed by atoms with Gasteiger partial charge in [-0.2, -0.15) is 0 Å². The largest absolute Gasteiger partial charge is 0.494 e. The smallest absolute Gasteiger partial charge is 0.391 e. The molecular formula is C19H15ClO2Si. The van der Waals surface area contributed by atoms with Gasteiger partial charge in [-0.3, -0.25) is 0 Å². The molecule has 0 spiro atoms. The molecule has 0 amide bonds. The molecule has 0 N–H and O–H groups in total. The number of carbonyl (C=O) groups is 1. The molecule has 0 radical (unpaired) electrons. The lowest BCUT2D eigenvalue weighted by molar-refractivity contribution is 0.226. The lowest BCUT2D eigenvalue weighted by Crippen LogP contribution is -2.69. The van der Waals surface area contributed by atoms with Crippen molar-refractivity contribution in [3.63, 3.8) is 0 Å². The summed E-state index contributed by atoms with van der Waals surface area (Å²) in [5, 5.41) is 2.93. The fourth-order valence-electron chi connectivity index (χ4n) is 2.82. The molecule has 0 unspecified atom stereocenters. The van der Waals surface area contributed by atoms with Gasteiger partial charge in [0.25, 0.3) is 0 Å². The minimum atomic E-state index is -2.97. The molecular weight excluding hydrogens is 324 g/mol. The van der Waals surface area contributed by atoms with E-state index < -0.39 is 13.7 Å². The summed E-state index contributed by atoms with van der Waals surface area (Å²) in [5.74, 6) is 0. The van der Waals surface area contributed by atoms with Crippen LogP contribution < -0.4 is 15.6 Å². The second-order valence-electron chi connectivity index (χ2n) is 5.12. The van der Waals surface area contributed by atoms with Crippen LogP contribution in [0.3, 0.4) is 0 Å². The van der Waals surface area contributed by atoms with Gasteiger partial charge in [0, 0.05) is 11.6 Å². The van der Waals surface area contributed by atoms with Crippen molar-refractivity contribution in [2.45, 2.75) is 0 Å². The predicted molar refractivity (Wildman–Crippen MR) is 96.3 cm³/mol. The molecule has 2 nitrogen and oxygen atoms in total. The van der Waals surface area contributed by atoms with Gasteiger partial charge in [-0.1, -0.05) is 91.0 Å². The van der Waals surface area contributed by atoms with Crippen LogP contribution >= 0.6 is 11.6 Å². The zero-order valence-corrected chi connectivity index (χ0v) is 14.1. The lowest BCUT2D eigenvalue weighted by Gasteiger charge is -2.31. The molecule has 0 heterocycles. The summed E-state index contributed by atoms with van der Waals surface area (Å²) >= 11 is 5.69. The molecule has 0 saturated carbocycles. The molecule has 3 aromatic rings. The van der Waals surface area contributed by atoms with E-state index in [9.17, 15) is 4.79 Å². The van der Waals surface area contributed by atoms with Crippen molar-refractivity contribution in [2.75, 3.05) is 0 Å². The van der Waals surface area contributed by atoms with E-state index in [0.29, 0.717) is 0 Å². The van der Waals surface area contributed by atoms with Crippen molar-refractivity contribution in [1.29, 1.82) is 0 Å². The Morgan fingerprint density at radius 3 is 1.22 bits per heavy atom. The molecule has 3 rings (SSSR count). The van der Waals surface area contributed by atoms with Crippen LogP contribution in [0, 0.1) is 0 Å². The fraction of sp³-hybridized carbons (Fsp3) is 0. The van der Waals surface area contributed by atoms with Gasteiger partial charge in [0.15, 0.2) is 0 Å². The van der Waals surface area contributed by atoms with E-state index in [-0.39, 0.29) is 0 Å². The Morgan fingerprint density at radius 2 is 0.957 bits per heavy atom. The van der Waals surface area contributed by atoms with Crippen molar-refractivity contribution in [3.8, 4) is 0 Å². The Labute approximate surface area is 141 Å². The normalized spacial score (nSPS) is 11.0. The van der Waals surface area contributed by atoms with E-state index in [1.54, 1.807) is 0 Å². The number of rotatable bonds is 4. The Morgan fingerprint density at radius 1 is 0.652 bits per heavy atom. The highest BCUT2D eigenvalue weighted by Crippen LogP contribution is 2.11. The summed E-state index contributed by atoms with van der Waals surface area (Å²) in [6.07, 6.45) is 0. The second kappa shape index (κ2) is 6.81. The third-order valence-electron chi connectivity index (χ3n) is 3.77. The summed E-state index contributed by atoms with van der Waals surface area (Å²) in [4.78, 5) is 11.8. The Bertz CT molecular complexity index is 680. The maximum atomic E-state index is 11.8. The van der Waals surface area contributed by atoms with Crippen LogP contribution in [0.15, 0.2) is 91.0 Å². The molecule has 0 atom stereocenters. The molecule has 0 aliphatic rings. The van der Waals surface area contributed by atoms with E-state index in [0.717, 1.165) is 15.6 Å². The fourth-order valence-corrected chi connectivity index (χ4v) is 6.74. The maximum Gasteiger partial charge on any atom is 0.391 e. The summed E-state index contributed by atoms with van der Waals surface area (Å²) in [7, 11) is -2.97. The van der Waals surface area contributed by atoms with E-state index in [2.05, 4.69) is 0 Å². The summed E-state index contributed by atoms with van der Waals surface area (Å²) < 4.78 is 5.86. The molecule has 0 saturated heterocycles. The van der Waals surface area contributed by atoms with Crippen molar-refractivity contribution < 1.29 is 9.22 Å². The third kappa shape index (κ3) is 3.07. The molecule has 0 bridgehead atoms. The number of carbonyl (C=O) groups excluding carboxylic acids is 1. The first-order valence-corrected chi connectivity index (χ1v) is 9.57. The number of benzene rings is 3. The predicted octanol–water partition coefficient (Wildman–Crippen LogP) is 3.03. The van der Waals surface area contributed by atoms with Crippen LogP contribution in [0.4, 0.5) is 4.79 Å². The average molecular weight is 339 g/mol. The van der Waals surface area contributed by atoms with Gasteiger partial charge in [0.2, 0.25) is 0 Å². The van der Waals surface area contributed by atoms with Gasteiger partial charge >= 0.3 is 13.7 Å². The first-order valence-electron chi connectivity index (χ1n) is 7.28. The Kier molecular flexibility index (Phi) is 4.60. The highest BCUT2D eigenvalue weighted by molar-refractivity contribution is 7.08. The summed E-state index contributed by atoms with van der Waals surface area (Å²) in [6, 6.07) is 29.5. The van der Waals surface area contributed by atoms with Crippen molar-refractivity contribution in [2.24, 2.45) is 0 Å². The molecule has 23 heavy (non-hydrogen) atoms. The SMILES string of the molecule is O=C(Cl)O[Si](c1ccccc1)(c1ccccc1)c1ccccc1. The topological polar surface area (TPSA) is 26.3 Å². The van der Waals surface area contributed by atoms with E-state index in [1.165, 1.54) is 0 Å². The first-order chi connectivity index (χ1) is 11.2. The molecule has 114 valence electrons. The Hall–Kier alpha value is -2.36. The molecule has 4 heteroatoms. The van der Waals surface area contributed by atoms with Gasteiger partial charge in [0.05, 0.1) is 0 Å². The first kappa shape index (κ1) is 15.5. The van der Waals surface area contributed by atoms with Crippen LogP contribution in [0.2, 0.25) is 0 Å². The van der Waals surface area contributed by atoms with Gasteiger partial charge in [-0.25, -0.2) is 4.79 Å². The second-order valence-corrected chi connectivity index (χ2v) is 8.73. The molecule has 0 fully saturated rings. The summed E-state index contributed by atoms with van der Waals surface area (Å²) in [6.45, 7) is 0. The van der Waals surface area contributed by atoms with Crippen LogP contribution in [-0.4, -0.2) is 13.7 Å². The van der Waals surface area contributed by atoms with E-state index in [1.807, 2.05) is 91.0 Å². The van der Waals surface area contributed by atoms with Crippen LogP contribution in [0.5, 0.6) is 0 Å². The zero-order valence-electron chi connectivity index (χ0n) is 12.4. The van der Waals surface area contributed by atoms with Gasteiger partial charge in [-0.05, 0) is 15.6 Å². The van der Waals surface area contributed by atoms with E-state index in [4.69, 9.17) is 16.0 Å². The van der Waals surface area contributed by atoms with Crippen LogP contribution in [-0.2, 0) is 4.43 Å². The molecule has 3 aromatic carbocycles. The van der Waals surface area contributed by atoms with Gasteiger partial charge in [-0.15, -0.1) is 0 Å². The lowest BCUT2D eigenvalue weighted by atomic mass is 10.3. The average Bonchev–Trinajstić information content (AvgIpc) is 2.62. The van der Waals surface area contributed by atoms with Gasteiger partial charge < -0.3 is 4.43 Å². The zero-order chi connectivity index (χ0) is 16.1. The standard InChI is InChI=1S/C19H15ClO2Si/c20-19(21)22-23(16-10-4-1-5-11-16,17-12-6-2-7-13-17)18-14-8-3-9-15-18/h1-15H. The maximum absolute atomic E-state index is 11.8. The van der Waals surface area contributed by atoms with E-state index >= 15 is 0 Å². The minimum absolute atomic E-state index is 0.784. The van der Waals surface area contributed by atoms with Crippen molar-refractivity contribution >= 4 is 40.9 Å². The third-order valence-corrected chi connectivity index (χ3v) is 7.91.